The van der Waals surface area contributed by atoms with Crippen LogP contribution in [0, 0.1) is 0 Å². The molecule has 1 atom stereocenters. The maximum atomic E-state index is 11.8. The molecular weight excluding hydrogens is 238 g/mol. The fourth-order valence-electron chi connectivity index (χ4n) is 1.49. The summed E-state index contributed by atoms with van der Waals surface area (Å²) in [6, 6.07) is 7.05. The molecule has 3 nitrogen and oxygen atoms in total. The van der Waals surface area contributed by atoms with Crippen LogP contribution in [0.5, 0.6) is 5.75 Å². The van der Waals surface area contributed by atoms with Gasteiger partial charge in [0, 0.05) is 12.1 Å². The van der Waals surface area contributed by atoms with Gasteiger partial charge in [0.2, 0.25) is 0 Å². The number of methoxy groups -OCH3 is 1. The highest BCUT2D eigenvalue weighted by Crippen LogP contribution is 2.12. The van der Waals surface area contributed by atoms with Crippen molar-refractivity contribution in [3.05, 3.63) is 29.8 Å². The Hall–Kier alpha value is -1.22. The SMILES string of the molecule is CCCC(Cl)CNC(=O)c1cccc(OC)c1. The molecule has 0 heterocycles. The van der Waals surface area contributed by atoms with Crippen molar-refractivity contribution in [2.45, 2.75) is 25.1 Å². The molecule has 1 aromatic rings. The zero-order valence-electron chi connectivity index (χ0n) is 10.2. The predicted molar refractivity (Wildman–Crippen MR) is 69.9 cm³/mol. The number of benzene rings is 1. The molecule has 1 aromatic carbocycles. The summed E-state index contributed by atoms with van der Waals surface area (Å²) in [6.07, 6.45) is 1.92. The molecule has 0 aliphatic carbocycles. The van der Waals surface area contributed by atoms with Gasteiger partial charge in [0.25, 0.3) is 5.91 Å². The maximum Gasteiger partial charge on any atom is 0.251 e. The van der Waals surface area contributed by atoms with E-state index in [2.05, 4.69) is 12.2 Å². The number of carbonyl (C=O) groups excluding carboxylic acids is 1. The van der Waals surface area contributed by atoms with Crippen molar-refractivity contribution >= 4 is 17.5 Å². The molecule has 0 fully saturated rings. The summed E-state index contributed by atoms with van der Waals surface area (Å²) in [6.45, 7) is 2.56. The third kappa shape index (κ3) is 4.65. The van der Waals surface area contributed by atoms with Crippen molar-refractivity contribution in [1.82, 2.24) is 5.32 Å². The van der Waals surface area contributed by atoms with Gasteiger partial charge in [-0.05, 0) is 24.6 Å². The minimum absolute atomic E-state index is 0.00504. The summed E-state index contributed by atoms with van der Waals surface area (Å²) in [4.78, 5) is 11.8. The van der Waals surface area contributed by atoms with E-state index >= 15 is 0 Å². The van der Waals surface area contributed by atoms with E-state index in [9.17, 15) is 4.79 Å². The molecule has 1 unspecified atom stereocenters. The Morgan fingerprint density at radius 1 is 1.53 bits per heavy atom. The van der Waals surface area contributed by atoms with E-state index in [1.807, 2.05) is 0 Å². The van der Waals surface area contributed by atoms with Gasteiger partial charge in [0.1, 0.15) is 5.75 Å². The van der Waals surface area contributed by atoms with Crippen molar-refractivity contribution in [3.63, 3.8) is 0 Å². The van der Waals surface area contributed by atoms with Crippen molar-refractivity contribution in [3.8, 4) is 5.75 Å². The molecule has 94 valence electrons. The predicted octanol–water partition coefficient (Wildman–Crippen LogP) is 2.83. The zero-order chi connectivity index (χ0) is 12.7. The largest absolute Gasteiger partial charge is 0.497 e. The van der Waals surface area contributed by atoms with Crippen molar-refractivity contribution < 1.29 is 9.53 Å². The summed E-state index contributed by atoms with van der Waals surface area (Å²) in [5, 5.41) is 2.80. The molecule has 0 spiro atoms. The number of rotatable bonds is 6. The van der Waals surface area contributed by atoms with Gasteiger partial charge >= 0.3 is 0 Å². The van der Waals surface area contributed by atoms with Crippen LogP contribution < -0.4 is 10.1 Å². The minimum Gasteiger partial charge on any atom is -0.497 e. The zero-order valence-corrected chi connectivity index (χ0v) is 11.0. The molecule has 0 saturated carbocycles. The van der Waals surface area contributed by atoms with Gasteiger partial charge in [-0.3, -0.25) is 4.79 Å². The van der Waals surface area contributed by atoms with E-state index in [1.165, 1.54) is 0 Å². The lowest BCUT2D eigenvalue weighted by Gasteiger charge is -2.10. The molecule has 0 aliphatic rings. The highest BCUT2D eigenvalue weighted by molar-refractivity contribution is 6.20. The minimum atomic E-state index is -0.120. The molecule has 1 N–H and O–H groups in total. The topological polar surface area (TPSA) is 38.3 Å². The number of halogens is 1. The molecular formula is C13H18ClNO2. The number of amides is 1. The fourth-order valence-corrected chi connectivity index (χ4v) is 1.78. The lowest BCUT2D eigenvalue weighted by Crippen LogP contribution is -2.29. The van der Waals surface area contributed by atoms with E-state index in [4.69, 9.17) is 16.3 Å². The molecule has 0 bridgehead atoms. The molecule has 17 heavy (non-hydrogen) atoms. The van der Waals surface area contributed by atoms with Crippen LogP contribution in [0.3, 0.4) is 0 Å². The van der Waals surface area contributed by atoms with Gasteiger partial charge in [0.15, 0.2) is 0 Å². The van der Waals surface area contributed by atoms with Crippen LogP contribution in [0.15, 0.2) is 24.3 Å². The van der Waals surface area contributed by atoms with Crippen molar-refractivity contribution in [2.24, 2.45) is 0 Å². The third-order valence-corrected chi connectivity index (χ3v) is 2.79. The van der Waals surface area contributed by atoms with Gasteiger partial charge in [-0.1, -0.05) is 19.4 Å². The average Bonchev–Trinajstić information content (AvgIpc) is 2.36. The molecule has 1 rings (SSSR count). The van der Waals surface area contributed by atoms with Crippen LogP contribution >= 0.6 is 11.6 Å². The average molecular weight is 256 g/mol. The van der Waals surface area contributed by atoms with Gasteiger partial charge in [-0.15, -0.1) is 11.6 Å². The van der Waals surface area contributed by atoms with E-state index < -0.39 is 0 Å². The Morgan fingerprint density at radius 2 is 2.29 bits per heavy atom. The number of ether oxygens (including phenoxy) is 1. The fraction of sp³-hybridized carbons (Fsp3) is 0.462. The first-order valence-corrected chi connectivity index (χ1v) is 6.17. The van der Waals surface area contributed by atoms with E-state index in [-0.39, 0.29) is 11.3 Å². The van der Waals surface area contributed by atoms with Crippen molar-refractivity contribution in [1.29, 1.82) is 0 Å². The van der Waals surface area contributed by atoms with Crippen LogP contribution in [-0.4, -0.2) is 24.9 Å². The Morgan fingerprint density at radius 3 is 2.94 bits per heavy atom. The van der Waals surface area contributed by atoms with Crippen LogP contribution in [0.4, 0.5) is 0 Å². The van der Waals surface area contributed by atoms with Crippen LogP contribution in [0.1, 0.15) is 30.1 Å². The van der Waals surface area contributed by atoms with Gasteiger partial charge in [-0.2, -0.15) is 0 Å². The number of hydrogen-bond donors (Lipinski definition) is 1. The molecule has 4 heteroatoms. The number of hydrogen-bond acceptors (Lipinski definition) is 2. The molecule has 0 radical (unpaired) electrons. The molecule has 0 saturated heterocycles. The molecule has 1 amide bonds. The molecule has 0 aliphatic heterocycles. The van der Waals surface area contributed by atoms with Gasteiger partial charge in [0.05, 0.1) is 12.5 Å². The first-order chi connectivity index (χ1) is 8.17. The lowest BCUT2D eigenvalue weighted by molar-refractivity contribution is 0.0953. The summed E-state index contributed by atoms with van der Waals surface area (Å²) in [7, 11) is 1.58. The van der Waals surface area contributed by atoms with Crippen molar-refractivity contribution in [2.75, 3.05) is 13.7 Å². The van der Waals surface area contributed by atoms with Crippen LogP contribution in [0.2, 0.25) is 0 Å². The smallest absolute Gasteiger partial charge is 0.251 e. The first-order valence-electron chi connectivity index (χ1n) is 5.73. The third-order valence-electron chi connectivity index (χ3n) is 2.42. The second-order valence-electron chi connectivity index (χ2n) is 3.83. The maximum absolute atomic E-state index is 11.8. The van der Waals surface area contributed by atoms with Crippen LogP contribution in [0.25, 0.3) is 0 Å². The monoisotopic (exact) mass is 255 g/mol. The summed E-state index contributed by atoms with van der Waals surface area (Å²) in [5.41, 5.74) is 0.588. The number of alkyl halides is 1. The number of nitrogens with one attached hydrogen (secondary N) is 1. The van der Waals surface area contributed by atoms with Gasteiger partial charge in [-0.25, -0.2) is 0 Å². The van der Waals surface area contributed by atoms with Crippen LogP contribution in [-0.2, 0) is 0 Å². The summed E-state index contributed by atoms with van der Waals surface area (Å²) < 4.78 is 5.06. The second-order valence-corrected chi connectivity index (χ2v) is 4.45. The Bertz CT molecular complexity index is 368. The summed E-state index contributed by atoms with van der Waals surface area (Å²) in [5.74, 6) is 0.555. The van der Waals surface area contributed by atoms with Gasteiger partial charge < -0.3 is 10.1 Å². The Kier molecular flexibility index (Phi) is 5.84. The van der Waals surface area contributed by atoms with E-state index in [0.29, 0.717) is 17.9 Å². The Labute approximate surface area is 107 Å². The normalized spacial score (nSPS) is 11.9. The summed E-state index contributed by atoms with van der Waals surface area (Å²) >= 11 is 6.03. The number of carbonyl (C=O) groups is 1. The lowest BCUT2D eigenvalue weighted by atomic mass is 10.2. The Balaban J connectivity index is 2.51. The quantitative estimate of drug-likeness (QED) is 0.794. The van der Waals surface area contributed by atoms with E-state index in [0.717, 1.165) is 12.8 Å². The highest BCUT2D eigenvalue weighted by atomic mass is 35.5. The molecule has 0 aromatic heterocycles. The van der Waals surface area contributed by atoms with E-state index in [1.54, 1.807) is 31.4 Å². The standard InChI is InChI=1S/C13H18ClNO2/c1-3-5-11(14)9-15-13(16)10-6-4-7-12(8-10)17-2/h4,6-8,11H,3,5,9H2,1-2H3,(H,15,16). The second kappa shape index (κ2) is 7.17. The highest BCUT2D eigenvalue weighted by Gasteiger charge is 2.09. The first kappa shape index (κ1) is 13.8.